The number of carbonyl (C=O) groups excluding carboxylic acids is 1. The predicted molar refractivity (Wildman–Crippen MR) is 76.0 cm³/mol. The van der Waals surface area contributed by atoms with Crippen LogP contribution in [0.4, 0.5) is 18.9 Å². The predicted octanol–water partition coefficient (Wildman–Crippen LogP) is 2.11. The van der Waals surface area contributed by atoms with Crippen molar-refractivity contribution >= 4 is 21.6 Å². The summed E-state index contributed by atoms with van der Waals surface area (Å²) in [5, 5.41) is 2.22. The molecule has 0 heterocycles. The maximum absolute atomic E-state index is 13.8. The summed E-state index contributed by atoms with van der Waals surface area (Å²) in [4.78, 5) is 11.2. The van der Waals surface area contributed by atoms with Crippen LogP contribution in [0.3, 0.4) is 0 Å². The van der Waals surface area contributed by atoms with Gasteiger partial charge in [0, 0.05) is 17.6 Å². The molecular formula is C14H15F3N2O3S. The summed E-state index contributed by atoms with van der Waals surface area (Å²) in [5.74, 6) is -7.46. The number of anilines is 1. The SMILES string of the molecule is C[C@H]1[C@H](C(=O)Nc2ccc(F)c(S(=O)(=O)NC3CC3)c2)C1(F)F. The van der Waals surface area contributed by atoms with Crippen LogP contribution in [0.2, 0.25) is 0 Å². The van der Waals surface area contributed by atoms with Gasteiger partial charge in [-0.05, 0) is 31.0 Å². The van der Waals surface area contributed by atoms with E-state index in [-0.39, 0.29) is 11.7 Å². The van der Waals surface area contributed by atoms with Crippen molar-refractivity contribution in [3.8, 4) is 0 Å². The standard InChI is InChI=1S/C14H15F3N2O3S/c1-7-12(14(7,16)17)13(20)18-9-4-5-10(15)11(6-9)23(21,22)19-8-2-3-8/h4-8,12,19H,2-3H2,1H3,(H,18,20)/t7-,12+/m0/s1. The second kappa shape index (κ2) is 5.20. The van der Waals surface area contributed by atoms with Crippen LogP contribution >= 0.6 is 0 Å². The van der Waals surface area contributed by atoms with Crippen molar-refractivity contribution in [1.82, 2.24) is 4.72 Å². The van der Waals surface area contributed by atoms with Gasteiger partial charge in [0.1, 0.15) is 16.6 Å². The molecule has 1 aromatic carbocycles. The maximum atomic E-state index is 13.8. The van der Waals surface area contributed by atoms with Crippen molar-refractivity contribution in [2.24, 2.45) is 11.8 Å². The van der Waals surface area contributed by atoms with Gasteiger partial charge in [-0.1, -0.05) is 6.92 Å². The van der Waals surface area contributed by atoms with E-state index in [2.05, 4.69) is 10.0 Å². The Morgan fingerprint density at radius 2 is 1.91 bits per heavy atom. The molecule has 9 heteroatoms. The van der Waals surface area contributed by atoms with Crippen molar-refractivity contribution in [2.75, 3.05) is 5.32 Å². The van der Waals surface area contributed by atoms with Gasteiger partial charge in [0.15, 0.2) is 0 Å². The Morgan fingerprint density at radius 1 is 1.30 bits per heavy atom. The Kier molecular flexibility index (Phi) is 3.68. The minimum absolute atomic E-state index is 0.0394. The number of sulfonamides is 1. The van der Waals surface area contributed by atoms with E-state index in [4.69, 9.17) is 0 Å². The van der Waals surface area contributed by atoms with Crippen molar-refractivity contribution in [3.63, 3.8) is 0 Å². The first-order valence-electron chi connectivity index (χ1n) is 7.13. The van der Waals surface area contributed by atoms with Gasteiger partial charge in [0.05, 0.1) is 0 Å². The lowest BCUT2D eigenvalue weighted by atomic mass is 10.2. The average Bonchev–Trinajstić information content (AvgIpc) is 3.32. The molecule has 23 heavy (non-hydrogen) atoms. The summed E-state index contributed by atoms with van der Waals surface area (Å²) >= 11 is 0. The molecule has 0 spiro atoms. The number of benzene rings is 1. The molecule has 0 bridgehead atoms. The van der Waals surface area contributed by atoms with Gasteiger partial charge < -0.3 is 5.32 Å². The van der Waals surface area contributed by atoms with Gasteiger partial charge in [-0.2, -0.15) is 0 Å². The molecule has 0 aromatic heterocycles. The second-order valence-corrected chi connectivity index (χ2v) is 7.65. The molecule has 0 radical (unpaired) electrons. The monoisotopic (exact) mass is 348 g/mol. The summed E-state index contributed by atoms with van der Waals surface area (Å²) in [6, 6.07) is 2.74. The fraction of sp³-hybridized carbons (Fsp3) is 0.500. The quantitative estimate of drug-likeness (QED) is 0.856. The molecule has 5 nitrogen and oxygen atoms in total. The number of alkyl halides is 2. The van der Waals surface area contributed by atoms with Gasteiger partial charge in [-0.15, -0.1) is 0 Å². The van der Waals surface area contributed by atoms with Gasteiger partial charge in [-0.25, -0.2) is 26.3 Å². The Hall–Kier alpha value is -1.61. The lowest BCUT2D eigenvalue weighted by Gasteiger charge is -2.10. The molecule has 1 amide bonds. The largest absolute Gasteiger partial charge is 0.326 e. The van der Waals surface area contributed by atoms with E-state index in [1.165, 1.54) is 6.92 Å². The molecule has 2 aliphatic carbocycles. The maximum Gasteiger partial charge on any atom is 0.263 e. The summed E-state index contributed by atoms with van der Waals surface area (Å²) in [5.41, 5.74) is -0.0394. The molecule has 2 aliphatic rings. The van der Waals surface area contributed by atoms with E-state index in [1.807, 2.05) is 0 Å². The van der Waals surface area contributed by atoms with Gasteiger partial charge in [0.25, 0.3) is 5.92 Å². The van der Waals surface area contributed by atoms with E-state index in [9.17, 15) is 26.4 Å². The highest BCUT2D eigenvalue weighted by Crippen LogP contribution is 2.55. The van der Waals surface area contributed by atoms with E-state index in [1.54, 1.807) is 0 Å². The number of rotatable bonds is 5. The normalized spacial score (nSPS) is 25.9. The zero-order valence-electron chi connectivity index (χ0n) is 12.1. The lowest BCUT2D eigenvalue weighted by Crippen LogP contribution is -2.27. The lowest BCUT2D eigenvalue weighted by molar-refractivity contribution is -0.119. The first-order chi connectivity index (χ1) is 10.6. The van der Waals surface area contributed by atoms with Gasteiger partial charge in [0.2, 0.25) is 15.9 Å². The van der Waals surface area contributed by atoms with E-state index in [0.29, 0.717) is 12.8 Å². The minimum atomic E-state index is -4.05. The summed E-state index contributed by atoms with van der Waals surface area (Å²) < 4.78 is 66.6. The molecule has 2 N–H and O–H groups in total. The number of hydrogen-bond donors (Lipinski definition) is 2. The van der Waals surface area contributed by atoms with Crippen molar-refractivity contribution in [3.05, 3.63) is 24.0 Å². The zero-order chi connectivity index (χ0) is 17.0. The van der Waals surface area contributed by atoms with Crippen LogP contribution in [0.15, 0.2) is 23.1 Å². The molecule has 2 atom stereocenters. The molecule has 2 fully saturated rings. The van der Waals surface area contributed by atoms with Crippen molar-refractivity contribution in [1.29, 1.82) is 0 Å². The number of nitrogens with one attached hydrogen (secondary N) is 2. The smallest absolute Gasteiger partial charge is 0.263 e. The highest BCUT2D eigenvalue weighted by Gasteiger charge is 2.69. The third-order valence-electron chi connectivity index (χ3n) is 4.08. The number of halogens is 3. The van der Waals surface area contributed by atoms with E-state index >= 15 is 0 Å². The zero-order valence-corrected chi connectivity index (χ0v) is 13.0. The average molecular weight is 348 g/mol. The molecular weight excluding hydrogens is 333 g/mol. The van der Waals surface area contributed by atoms with Crippen molar-refractivity contribution in [2.45, 2.75) is 36.6 Å². The van der Waals surface area contributed by atoms with E-state index < -0.39 is 44.4 Å². The number of amides is 1. The third-order valence-corrected chi connectivity index (χ3v) is 5.62. The van der Waals surface area contributed by atoms with Crippen LogP contribution in [0.1, 0.15) is 19.8 Å². The van der Waals surface area contributed by atoms with Crippen LogP contribution in [0.5, 0.6) is 0 Å². The number of carbonyl (C=O) groups is 1. The second-order valence-electron chi connectivity index (χ2n) is 5.97. The highest BCUT2D eigenvalue weighted by atomic mass is 32.2. The highest BCUT2D eigenvalue weighted by molar-refractivity contribution is 7.89. The molecule has 1 aromatic rings. The summed E-state index contributed by atoms with van der Waals surface area (Å²) in [6.45, 7) is 1.25. The Bertz CT molecular complexity index is 763. The molecule has 2 saturated carbocycles. The summed E-state index contributed by atoms with van der Waals surface area (Å²) in [6.07, 6.45) is 1.37. The fourth-order valence-electron chi connectivity index (χ4n) is 2.37. The third kappa shape index (κ3) is 3.07. The minimum Gasteiger partial charge on any atom is -0.326 e. The number of hydrogen-bond acceptors (Lipinski definition) is 3. The molecule has 0 aliphatic heterocycles. The van der Waals surface area contributed by atoms with Gasteiger partial charge >= 0.3 is 0 Å². The Labute approximate surface area is 131 Å². The van der Waals surface area contributed by atoms with Gasteiger partial charge in [-0.3, -0.25) is 4.79 Å². The fourth-order valence-corrected chi connectivity index (χ4v) is 3.78. The van der Waals surface area contributed by atoms with Crippen LogP contribution in [0.25, 0.3) is 0 Å². The van der Waals surface area contributed by atoms with E-state index in [0.717, 1.165) is 18.2 Å². The first-order valence-corrected chi connectivity index (χ1v) is 8.62. The molecule has 3 rings (SSSR count). The summed E-state index contributed by atoms with van der Waals surface area (Å²) in [7, 11) is -4.05. The Balaban J connectivity index is 1.79. The van der Waals surface area contributed by atoms with Crippen molar-refractivity contribution < 1.29 is 26.4 Å². The van der Waals surface area contributed by atoms with Crippen LogP contribution < -0.4 is 10.0 Å². The molecule has 126 valence electrons. The molecule has 0 saturated heterocycles. The van der Waals surface area contributed by atoms with Crippen LogP contribution in [-0.2, 0) is 14.8 Å². The Morgan fingerprint density at radius 3 is 2.43 bits per heavy atom. The van der Waals surface area contributed by atoms with Crippen LogP contribution in [0, 0.1) is 17.7 Å². The topological polar surface area (TPSA) is 75.3 Å². The first kappa shape index (κ1) is 16.3. The molecule has 0 unspecified atom stereocenters. The van der Waals surface area contributed by atoms with Crippen LogP contribution in [-0.4, -0.2) is 26.3 Å².